The highest BCUT2D eigenvalue weighted by molar-refractivity contribution is 6.00. The molecule has 0 unspecified atom stereocenters. The van der Waals surface area contributed by atoms with Crippen LogP contribution in [0, 0.1) is 0 Å². The highest BCUT2D eigenvalue weighted by Crippen LogP contribution is 2.31. The van der Waals surface area contributed by atoms with Crippen LogP contribution in [0.4, 0.5) is 5.69 Å². The molecule has 6 heteroatoms. The lowest BCUT2D eigenvalue weighted by Crippen LogP contribution is -2.16. The molecule has 0 bridgehead atoms. The number of anilines is 1. The van der Waals surface area contributed by atoms with Gasteiger partial charge in [-0.15, -0.1) is 0 Å². The summed E-state index contributed by atoms with van der Waals surface area (Å²) in [6, 6.07) is 12.2. The van der Waals surface area contributed by atoms with E-state index in [1.165, 1.54) is 0 Å². The zero-order valence-electron chi connectivity index (χ0n) is 15.5. The molecular formula is C21H23NO5. The fourth-order valence-electron chi connectivity index (χ4n) is 2.70. The fraction of sp³-hybridized carbons (Fsp3) is 0.333. The first-order valence-electron chi connectivity index (χ1n) is 9.00. The maximum absolute atomic E-state index is 12.3. The van der Waals surface area contributed by atoms with Crippen molar-refractivity contribution in [3.05, 3.63) is 48.0 Å². The number of ether oxygens (including phenoxy) is 3. The van der Waals surface area contributed by atoms with Crippen LogP contribution in [0.3, 0.4) is 0 Å². The van der Waals surface area contributed by atoms with E-state index in [-0.39, 0.29) is 30.6 Å². The van der Waals surface area contributed by atoms with Crippen LogP contribution >= 0.6 is 0 Å². The highest BCUT2D eigenvalue weighted by Gasteiger charge is 2.16. The van der Waals surface area contributed by atoms with Gasteiger partial charge in [-0.3, -0.25) is 9.59 Å². The van der Waals surface area contributed by atoms with Crippen molar-refractivity contribution in [2.24, 2.45) is 0 Å². The third-order valence-corrected chi connectivity index (χ3v) is 3.95. The van der Waals surface area contributed by atoms with Gasteiger partial charge in [0, 0.05) is 24.1 Å². The lowest BCUT2D eigenvalue weighted by atomic mass is 10.1. The first-order chi connectivity index (χ1) is 13.0. The molecule has 6 nitrogen and oxygen atoms in total. The van der Waals surface area contributed by atoms with Gasteiger partial charge in [0.05, 0.1) is 6.10 Å². The maximum Gasteiger partial charge on any atom is 0.224 e. The smallest absolute Gasteiger partial charge is 0.224 e. The largest absolute Gasteiger partial charge is 0.491 e. The second kappa shape index (κ2) is 8.58. The molecule has 27 heavy (non-hydrogen) atoms. The number of amides is 1. The molecule has 0 saturated carbocycles. The molecule has 2 aromatic rings. The monoisotopic (exact) mass is 369 g/mol. The van der Waals surface area contributed by atoms with Crippen molar-refractivity contribution < 1.29 is 23.8 Å². The van der Waals surface area contributed by atoms with E-state index in [0.29, 0.717) is 36.0 Å². The average Bonchev–Trinajstić information content (AvgIpc) is 2.67. The number of carbonyl (C=O) groups excluding carboxylic acids is 2. The number of benzene rings is 2. The van der Waals surface area contributed by atoms with Crippen LogP contribution in [0.5, 0.6) is 17.2 Å². The lowest BCUT2D eigenvalue weighted by Gasteiger charge is -2.18. The van der Waals surface area contributed by atoms with E-state index in [2.05, 4.69) is 5.32 Å². The Bertz CT molecular complexity index is 814. The standard InChI is InChI=1S/C21H23NO5/c1-14(2)27-17-6-4-16(5-7-17)22-21(24)10-8-18(23)15-3-9-19-20(13-15)26-12-11-25-19/h3-7,9,13-14H,8,10-12H2,1-2H3,(H,22,24). The van der Waals surface area contributed by atoms with Crippen LogP contribution in [0.25, 0.3) is 0 Å². The summed E-state index contributed by atoms with van der Waals surface area (Å²) in [6.07, 6.45) is 0.328. The van der Waals surface area contributed by atoms with Crippen LogP contribution in [-0.4, -0.2) is 31.0 Å². The molecule has 0 atom stereocenters. The molecule has 1 aliphatic rings. The zero-order chi connectivity index (χ0) is 19.2. The van der Waals surface area contributed by atoms with Crippen molar-refractivity contribution >= 4 is 17.4 Å². The molecule has 0 spiro atoms. The summed E-state index contributed by atoms with van der Waals surface area (Å²) in [5.74, 6) is 1.64. The van der Waals surface area contributed by atoms with E-state index in [0.717, 1.165) is 5.75 Å². The quantitative estimate of drug-likeness (QED) is 0.751. The van der Waals surface area contributed by atoms with Crippen LogP contribution in [0.1, 0.15) is 37.0 Å². The van der Waals surface area contributed by atoms with Gasteiger partial charge in [0.1, 0.15) is 19.0 Å². The van der Waals surface area contributed by atoms with Crippen molar-refractivity contribution in [3.63, 3.8) is 0 Å². The van der Waals surface area contributed by atoms with E-state index in [1.54, 1.807) is 42.5 Å². The Morgan fingerprint density at radius 3 is 2.41 bits per heavy atom. The third-order valence-electron chi connectivity index (χ3n) is 3.95. The topological polar surface area (TPSA) is 73.9 Å². The summed E-state index contributed by atoms with van der Waals surface area (Å²) in [5, 5.41) is 2.79. The van der Waals surface area contributed by atoms with E-state index >= 15 is 0 Å². The van der Waals surface area contributed by atoms with Crippen molar-refractivity contribution in [1.82, 2.24) is 0 Å². The number of rotatable bonds is 7. The second-order valence-corrected chi connectivity index (χ2v) is 6.52. The van der Waals surface area contributed by atoms with Gasteiger partial charge in [0.2, 0.25) is 5.91 Å². The predicted octanol–water partition coefficient (Wildman–Crippen LogP) is 3.85. The normalized spacial score (nSPS) is 12.6. The lowest BCUT2D eigenvalue weighted by molar-refractivity contribution is -0.116. The van der Waals surface area contributed by atoms with Gasteiger partial charge < -0.3 is 19.5 Å². The van der Waals surface area contributed by atoms with Crippen LogP contribution in [0.15, 0.2) is 42.5 Å². The third kappa shape index (κ3) is 5.23. The summed E-state index contributed by atoms with van der Waals surface area (Å²) >= 11 is 0. The van der Waals surface area contributed by atoms with E-state index in [1.807, 2.05) is 13.8 Å². The summed E-state index contributed by atoms with van der Waals surface area (Å²) in [5.41, 5.74) is 1.19. The Kier molecular flexibility index (Phi) is 5.96. The molecule has 1 aliphatic heterocycles. The Labute approximate surface area is 158 Å². The molecule has 0 aromatic heterocycles. The Morgan fingerprint density at radius 1 is 1.00 bits per heavy atom. The average molecular weight is 369 g/mol. The molecule has 142 valence electrons. The first-order valence-corrected chi connectivity index (χ1v) is 9.00. The van der Waals surface area contributed by atoms with Crippen molar-refractivity contribution in [3.8, 4) is 17.2 Å². The fourth-order valence-corrected chi connectivity index (χ4v) is 2.70. The Balaban J connectivity index is 1.50. The number of ketones is 1. The molecular weight excluding hydrogens is 346 g/mol. The summed E-state index contributed by atoms with van der Waals surface area (Å²) in [4.78, 5) is 24.4. The van der Waals surface area contributed by atoms with Crippen LogP contribution in [-0.2, 0) is 4.79 Å². The minimum Gasteiger partial charge on any atom is -0.491 e. The van der Waals surface area contributed by atoms with Crippen LogP contribution < -0.4 is 19.5 Å². The number of Topliss-reactive ketones (excluding diaryl/α,β-unsaturated/α-hetero) is 1. The molecule has 0 saturated heterocycles. The predicted molar refractivity (Wildman–Crippen MR) is 102 cm³/mol. The molecule has 0 fully saturated rings. The Morgan fingerprint density at radius 2 is 1.70 bits per heavy atom. The Hall–Kier alpha value is -3.02. The molecule has 3 rings (SSSR count). The number of nitrogens with one attached hydrogen (secondary N) is 1. The van der Waals surface area contributed by atoms with E-state index < -0.39 is 0 Å². The number of hydrogen-bond acceptors (Lipinski definition) is 5. The summed E-state index contributed by atoms with van der Waals surface area (Å²) in [6.45, 7) is 4.88. The van der Waals surface area contributed by atoms with Crippen molar-refractivity contribution in [1.29, 1.82) is 0 Å². The van der Waals surface area contributed by atoms with Crippen molar-refractivity contribution in [2.45, 2.75) is 32.8 Å². The SMILES string of the molecule is CC(C)Oc1ccc(NC(=O)CCC(=O)c2ccc3c(c2)OCCO3)cc1. The molecule has 2 aromatic carbocycles. The van der Waals surface area contributed by atoms with Gasteiger partial charge in [-0.2, -0.15) is 0 Å². The zero-order valence-corrected chi connectivity index (χ0v) is 15.5. The van der Waals surface area contributed by atoms with Gasteiger partial charge in [0.15, 0.2) is 17.3 Å². The van der Waals surface area contributed by atoms with Crippen molar-refractivity contribution in [2.75, 3.05) is 18.5 Å². The number of carbonyl (C=O) groups is 2. The van der Waals surface area contributed by atoms with Gasteiger partial charge in [-0.25, -0.2) is 0 Å². The van der Waals surface area contributed by atoms with Gasteiger partial charge in [-0.1, -0.05) is 0 Å². The number of hydrogen-bond donors (Lipinski definition) is 1. The van der Waals surface area contributed by atoms with E-state index in [9.17, 15) is 9.59 Å². The van der Waals surface area contributed by atoms with Gasteiger partial charge in [-0.05, 0) is 56.3 Å². The van der Waals surface area contributed by atoms with E-state index in [4.69, 9.17) is 14.2 Å². The summed E-state index contributed by atoms with van der Waals surface area (Å²) in [7, 11) is 0. The highest BCUT2D eigenvalue weighted by atomic mass is 16.6. The summed E-state index contributed by atoms with van der Waals surface area (Å²) < 4.78 is 16.5. The van der Waals surface area contributed by atoms with Gasteiger partial charge in [0.25, 0.3) is 0 Å². The molecule has 0 radical (unpaired) electrons. The maximum atomic E-state index is 12.3. The molecule has 1 N–H and O–H groups in total. The molecule has 0 aliphatic carbocycles. The van der Waals surface area contributed by atoms with Crippen LogP contribution in [0.2, 0.25) is 0 Å². The molecule has 1 heterocycles. The van der Waals surface area contributed by atoms with Gasteiger partial charge >= 0.3 is 0 Å². The minimum absolute atomic E-state index is 0.0945. The molecule has 1 amide bonds. The second-order valence-electron chi connectivity index (χ2n) is 6.52. The number of fused-ring (bicyclic) bond motifs is 1. The first kappa shape index (κ1) is 18.8. The minimum atomic E-state index is -0.210.